The average molecular weight is 784 g/mol. The zero-order chi connectivity index (χ0) is 41.1. The van der Waals surface area contributed by atoms with E-state index in [0.717, 1.165) is 16.3 Å². The molecule has 2 saturated heterocycles. The van der Waals surface area contributed by atoms with Crippen molar-refractivity contribution in [3.05, 3.63) is 77.9 Å². The van der Waals surface area contributed by atoms with E-state index >= 15 is 0 Å². The molecular weight excluding hydrogens is 731 g/mol. The molecule has 0 aliphatic carbocycles. The fourth-order valence-electron chi connectivity index (χ4n) is 7.30. The van der Waals surface area contributed by atoms with Gasteiger partial charge in [0.25, 0.3) is 0 Å². The van der Waals surface area contributed by atoms with Crippen LogP contribution in [0.4, 0.5) is 0 Å². The summed E-state index contributed by atoms with van der Waals surface area (Å²) < 4.78 is 0. The highest BCUT2D eigenvalue weighted by Crippen LogP contribution is 2.24. The quantitative estimate of drug-likeness (QED) is 0.0676. The van der Waals surface area contributed by atoms with Crippen molar-refractivity contribution in [1.82, 2.24) is 25.8 Å². The third kappa shape index (κ3) is 11.3. The standard InChI is InChI=1S/C40H53N11O6/c1-50-33(23-25-12-15-26-7-2-3-8-27(26)21-25)38(57)51-20-6-11-32(51)36(55)49-31(22-24-13-16-28(52)17-14-24)35(54)47-29(9-4-18-45-39(41)42)34(53)48-30(37(50)56)10-5-19-46-40(43)44/h2-3,7-8,12-17,21,29-33,52H,4-6,9-11,18-20,22-23H2,1H3,(H,47,54)(H,48,53)(H,49,55)(H4,41,42,45)(H4,43,44,46)/t29-,30-,31+,32-,33+/m0/s1. The van der Waals surface area contributed by atoms with Crippen molar-refractivity contribution < 1.29 is 29.1 Å². The third-order valence-corrected chi connectivity index (χ3v) is 10.3. The molecule has 12 N–H and O–H groups in total. The second-order valence-corrected chi connectivity index (χ2v) is 14.5. The zero-order valence-corrected chi connectivity index (χ0v) is 32.1. The number of nitrogens with two attached hydrogens (primary N) is 4. The lowest BCUT2D eigenvalue weighted by Crippen LogP contribution is -2.58. The molecule has 2 fully saturated rings. The Morgan fingerprint density at radius 3 is 1.95 bits per heavy atom. The molecule has 5 atom stereocenters. The van der Waals surface area contributed by atoms with Crippen LogP contribution in [0.15, 0.2) is 76.7 Å². The van der Waals surface area contributed by atoms with Gasteiger partial charge in [-0.15, -0.1) is 0 Å². The minimum absolute atomic E-state index is 0.0140. The number of carbonyl (C=O) groups excluding carboxylic acids is 5. The van der Waals surface area contributed by atoms with Gasteiger partial charge in [-0.2, -0.15) is 0 Å². The number of guanidine groups is 2. The summed E-state index contributed by atoms with van der Waals surface area (Å²) in [6, 6.07) is 14.3. The molecule has 0 unspecified atom stereocenters. The number of aromatic hydroxyl groups is 1. The monoisotopic (exact) mass is 783 g/mol. The molecule has 3 aromatic carbocycles. The van der Waals surface area contributed by atoms with Crippen molar-refractivity contribution in [2.75, 3.05) is 26.7 Å². The Hall–Kier alpha value is -6.39. The summed E-state index contributed by atoms with van der Waals surface area (Å²) in [6.45, 7) is 0.597. The van der Waals surface area contributed by atoms with Gasteiger partial charge in [-0.1, -0.05) is 54.6 Å². The number of fused-ring (bicyclic) bond motifs is 2. The van der Waals surface area contributed by atoms with E-state index in [9.17, 15) is 29.1 Å². The molecule has 0 radical (unpaired) electrons. The minimum atomic E-state index is -1.18. The summed E-state index contributed by atoms with van der Waals surface area (Å²) in [6.07, 6.45) is 1.78. The van der Waals surface area contributed by atoms with Crippen LogP contribution in [-0.4, -0.2) is 113 Å². The molecule has 17 heteroatoms. The Balaban J connectivity index is 1.56. The van der Waals surface area contributed by atoms with Gasteiger partial charge in [0.05, 0.1) is 0 Å². The molecule has 2 aliphatic heterocycles. The fraction of sp³-hybridized carbons (Fsp3) is 0.425. The highest BCUT2D eigenvalue weighted by Gasteiger charge is 2.42. The number of aliphatic imine (C=N–C) groups is 2. The summed E-state index contributed by atoms with van der Waals surface area (Å²) in [7, 11) is 1.52. The number of benzene rings is 3. The van der Waals surface area contributed by atoms with Crippen molar-refractivity contribution in [1.29, 1.82) is 0 Å². The van der Waals surface area contributed by atoms with Gasteiger partial charge in [0.2, 0.25) is 29.5 Å². The predicted octanol–water partition coefficient (Wildman–Crippen LogP) is -0.276. The molecule has 0 spiro atoms. The van der Waals surface area contributed by atoms with Gasteiger partial charge >= 0.3 is 0 Å². The molecular formula is C40H53N11O6. The van der Waals surface area contributed by atoms with Gasteiger partial charge in [-0.3, -0.25) is 34.0 Å². The number of nitrogens with zero attached hydrogens (tertiary/aromatic N) is 4. The number of hydrogen-bond donors (Lipinski definition) is 8. The summed E-state index contributed by atoms with van der Waals surface area (Å²) in [5, 5.41) is 20.3. The molecule has 2 aliphatic rings. The fourth-order valence-corrected chi connectivity index (χ4v) is 7.30. The molecule has 0 aromatic heterocycles. The molecule has 0 saturated carbocycles. The maximum Gasteiger partial charge on any atom is 0.246 e. The second kappa shape index (κ2) is 19.5. The highest BCUT2D eigenvalue weighted by atomic mass is 16.3. The second-order valence-electron chi connectivity index (χ2n) is 14.5. The molecule has 0 bridgehead atoms. The number of amides is 5. The lowest BCUT2D eigenvalue weighted by molar-refractivity contribution is -0.148. The van der Waals surface area contributed by atoms with Crippen molar-refractivity contribution in [3.63, 3.8) is 0 Å². The zero-order valence-electron chi connectivity index (χ0n) is 32.1. The summed E-state index contributed by atoms with van der Waals surface area (Å²) >= 11 is 0. The van der Waals surface area contributed by atoms with E-state index in [1.165, 1.54) is 29.0 Å². The van der Waals surface area contributed by atoms with Crippen molar-refractivity contribution in [3.8, 4) is 5.75 Å². The van der Waals surface area contributed by atoms with E-state index < -0.39 is 59.7 Å². The first-order valence-corrected chi connectivity index (χ1v) is 19.2. The number of likely N-dealkylation sites (N-methyl/N-ethyl adjacent to an activating group) is 1. The first-order chi connectivity index (χ1) is 27.3. The number of phenols is 1. The largest absolute Gasteiger partial charge is 0.508 e. The van der Waals surface area contributed by atoms with E-state index in [1.54, 1.807) is 12.1 Å². The SMILES string of the molecule is CN1C(=O)[C@H](CCCN=C(N)N)NC(=O)[C@H](CCCN=C(N)N)NC(=O)[C@@H](Cc2ccc(O)cc2)NC(=O)[C@@H]2CCCN2C(=O)[C@H]1Cc1ccc2ccccc2c1. The predicted molar refractivity (Wildman–Crippen MR) is 216 cm³/mol. The van der Waals surface area contributed by atoms with E-state index in [4.69, 9.17) is 22.9 Å². The molecule has 5 amide bonds. The van der Waals surface area contributed by atoms with Crippen molar-refractivity contribution in [2.24, 2.45) is 32.9 Å². The van der Waals surface area contributed by atoms with Crippen LogP contribution in [0.5, 0.6) is 5.75 Å². The van der Waals surface area contributed by atoms with Gasteiger partial charge in [-0.05, 0) is 72.6 Å². The third-order valence-electron chi connectivity index (χ3n) is 10.3. The Bertz CT molecular complexity index is 1980. The van der Waals surface area contributed by atoms with Gasteiger partial charge in [0.1, 0.15) is 36.0 Å². The van der Waals surface area contributed by atoms with Crippen LogP contribution in [0.1, 0.15) is 49.7 Å². The summed E-state index contributed by atoms with van der Waals surface area (Å²) in [5.74, 6) is -3.08. The summed E-state index contributed by atoms with van der Waals surface area (Å²) in [5.41, 5.74) is 23.5. The Kier molecular flexibility index (Phi) is 14.3. The lowest BCUT2D eigenvalue weighted by atomic mass is 9.98. The van der Waals surface area contributed by atoms with Crippen molar-refractivity contribution >= 4 is 52.2 Å². The van der Waals surface area contributed by atoms with Crippen LogP contribution < -0.4 is 38.9 Å². The van der Waals surface area contributed by atoms with E-state index in [2.05, 4.69) is 25.9 Å². The number of carbonyl (C=O) groups is 5. The Morgan fingerprint density at radius 2 is 1.28 bits per heavy atom. The van der Waals surface area contributed by atoms with Gasteiger partial charge in [0, 0.05) is 39.5 Å². The van der Waals surface area contributed by atoms with Gasteiger partial charge in [-0.25, -0.2) is 0 Å². The van der Waals surface area contributed by atoms with Crippen molar-refractivity contribution in [2.45, 2.75) is 81.6 Å². The topological polar surface area (TPSA) is 277 Å². The maximum atomic E-state index is 14.7. The number of nitrogens with one attached hydrogen (secondary N) is 3. The summed E-state index contributed by atoms with van der Waals surface area (Å²) in [4.78, 5) is 82.6. The smallest absolute Gasteiger partial charge is 0.246 e. The van der Waals surface area contributed by atoms with Crippen LogP contribution >= 0.6 is 0 Å². The van der Waals surface area contributed by atoms with Crippen LogP contribution in [0.3, 0.4) is 0 Å². The minimum Gasteiger partial charge on any atom is -0.508 e. The van der Waals surface area contributed by atoms with E-state index in [-0.39, 0.29) is 69.4 Å². The van der Waals surface area contributed by atoms with E-state index in [0.29, 0.717) is 24.8 Å². The average Bonchev–Trinajstić information content (AvgIpc) is 3.69. The van der Waals surface area contributed by atoms with Crippen LogP contribution in [-0.2, 0) is 36.8 Å². The van der Waals surface area contributed by atoms with Gasteiger partial charge in [0.15, 0.2) is 11.9 Å². The molecule has 2 heterocycles. The molecule has 57 heavy (non-hydrogen) atoms. The van der Waals surface area contributed by atoms with E-state index in [1.807, 2.05) is 42.5 Å². The molecule has 3 aromatic rings. The van der Waals surface area contributed by atoms with Crippen LogP contribution in [0.2, 0.25) is 0 Å². The maximum absolute atomic E-state index is 14.7. The molecule has 304 valence electrons. The molecule has 17 nitrogen and oxygen atoms in total. The Morgan fingerprint density at radius 1 is 0.702 bits per heavy atom. The number of phenolic OH excluding ortho intramolecular Hbond substituents is 1. The first kappa shape index (κ1) is 41.8. The van der Waals surface area contributed by atoms with Gasteiger partial charge < -0.3 is 53.8 Å². The normalized spacial score (nSPS) is 22.1. The molecule has 5 rings (SSSR count). The van der Waals surface area contributed by atoms with Crippen LogP contribution in [0.25, 0.3) is 10.8 Å². The first-order valence-electron chi connectivity index (χ1n) is 19.2. The lowest BCUT2D eigenvalue weighted by Gasteiger charge is -2.35. The number of hydrogen-bond acceptors (Lipinski definition) is 8. The highest BCUT2D eigenvalue weighted by molar-refractivity contribution is 5.98. The Labute approximate surface area is 331 Å². The van der Waals surface area contributed by atoms with Crippen LogP contribution in [0, 0.1) is 0 Å². The number of rotatable bonds is 12.